The molecule has 0 aromatic heterocycles. The maximum atomic E-state index is 8.84. The van der Waals surface area contributed by atoms with Gasteiger partial charge in [0.1, 0.15) is 12.2 Å². The van der Waals surface area contributed by atoms with Crippen LogP contribution in [-0.4, -0.2) is 45.8 Å². The van der Waals surface area contributed by atoms with Crippen LogP contribution in [0.15, 0.2) is 12.2 Å². The fourth-order valence-electron chi connectivity index (χ4n) is 0.437. The van der Waals surface area contributed by atoms with E-state index in [9.17, 15) is 0 Å². The fraction of sp³-hybridized carbons (Fsp3) is 0.667. The van der Waals surface area contributed by atoms with Crippen molar-refractivity contribution < 1.29 is 20.4 Å². The molecule has 0 amide bonds. The summed E-state index contributed by atoms with van der Waals surface area (Å²) >= 11 is 0. The van der Waals surface area contributed by atoms with Crippen LogP contribution in [0.1, 0.15) is 0 Å². The van der Waals surface area contributed by atoms with E-state index in [-0.39, 0.29) is 6.61 Å². The summed E-state index contributed by atoms with van der Waals surface area (Å²) in [6, 6.07) is 0. The molecule has 0 saturated heterocycles. The largest absolute Gasteiger partial charge is 0.394 e. The van der Waals surface area contributed by atoms with Crippen LogP contribution in [-0.2, 0) is 0 Å². The van der Waals surface area contributed by atoms with Gasteiger partial charge in [-0.25, -0.2) is 0 Å². The average molecular weight is 148 g/mol. The topological polar surface area (TPSA) is 80.9 Å². The molecule has 2 atom stereocenters. The van der Waals surface area contributed by atoms with Gasteiger partial charge in [0.2, 0.25) is 0 Å². The summed E-state index contributed by atoms with van der Waals surface area (Å²) < 4.78 is 0. The Labute approximate surface area is 59.1 Å². The van der Waals surface area contributed by atoms with Gasteiger partial charge in [0, 0.05) is 0 Å². The molecule has 0 spiro atoms. The Balaban J connectivity index is 3.60. The van der Waals surface area contributed by atoms with Crippen molar-refractivity contribution in [3.05, 3.63) is 12.2 Å². The molecule has 0 rings (SSSR count). The van der Waals surface area contributed by atoms with E-state index in [4.69, 9.17) is 20.4 Å². The Kier molecular flexibility index (Phi) is 5.15. The van der Waals surface area contributed by atoms with Crippen LogP contribution in [0.5, 0.6) is 0 Å². The first-order valence-corrected chi connectivity index (χ1v) is 2.97. The predicted molar refractivity (Wildman–Crippen MR) is 35.3 cm³/mol. The van der Waals surface area contributed by atoms with Crippen molar-refractivity contribution >= 4 is 0 Å². The van der Waals surface area contributed by atoms with Gasteiger partial charge < -0.3 is 20.4 Å². The molecular weight excluding hydrogens is 136 g/mol. The molecular formula is C6H12O4. The van der Waals surface area contributed by atoms with Gasteiger partial charge in [0.25, 0.3) is 0 Å². The first-order chi connectivity index (χ1) is 4.72. The molecule has 0 heterocycles. The van der Waals surface area contributed by atoms with E-state index in [2.05, 4.69) is 0 Å². The van der Waals surface area contributed by atoms with E-state index in [1.54, 1.807) is 0 Å². The summed E-state index contributed by atoms with van der Waals surface area (Å²) in [4.78, 5) is 0. The number of hydrogen-bond donors (Lipinski definition) is 4. The monoisotopic (exact) mass is 148 g/mol. The van der Waals surface area contributed by atoms with E-state index in [0.717, 1.165) is 0 Å². The standard InChI is InChI=1S/C6H12O4/c7-3-1-2-5(9)6(10)4-8/h1-2,5-10H,3-4H2. The normalized spacial score (nSPS) is 17.6. The molecule has 0 aliphatic rings. The van der Waals surface area contributed by atoms with Gasteiger partial charge in [0.05, 0.1) is 13.2 Å². The number of aliphatic hydroxyl groups is 4. The smallest absolute Gasteiger partial charge is 0.106 e. The van der Waals surface area contributed by atoms with E-state index in [1.807, 2.05) is 0 Å². The van der Waals surface area contributed by atoms with E-state index < -0.39 is 18.8 Å². The van der Waals surface area contributed by atoms with Crippen molar-refractivity contribution in [1.82, 2.24) is 0 Å². The fourth-order valence-corrected chi connectivity index (χ4v) is 0.437. The SMILES string of the molecule is OCC=CC(O)C(O)CO. The van der Waals surface area contributed by atoms with E-state index in [0.29, 0.717) is 0 Å². The van der Waals surface area contributed by atoms with Crippen LogP contribution in [0.3, 0.4) is 0 Å². The Morgan fingerprint density at radius 2 is 1.80 bits per heavy atom. The first-order valence-electron chi connectivity index (χ1n) is 2.97. The molecule has 0 fully saturated rings. The molecule has 10 heavy (non-hydrogen) atoms. The van der Waals surface area contributed by atoms with Crippen molar-refractivity contribution in [1.29, 1.82) is 0 Å². The van der Waals surface area contributed by atoms with Crippen molar-refractivity contribution in [3.63, 3.8) is 0 Å². The van der Waals surface area contributed by atoms with E-state index in [1.165, 1.54) is 12.2 Å². The van der Waals surface area contributed by atoms with Crippen molar-refractivity contribution in [2.75, 3.05) is 13.2 Å². The maximum absolute atomic E-state index is 8.84. The zero-order chi connectivity index (χ0) is 7.98. The molecule has 2 unspecified atom stereocenters. The highest BCUT2D eigenvalue weighted by Crippen LogP contribution is 1.93. The predicted octanol–water partition coefficient (Wildman–Crippen LogP) is -1.75. The van der Waals surface area contributed by atoms with Gasteiger partial charge in [-0.1, -0.05) is 12.2 Å². The Morgan fingerprint density at radius 1 is 1.20 bits per heavy atom. The third kappa shape index (κ3) is 3.58. The second-order valence-electron chi connectivity index (χ2n) is 1.85. The third-order valence-electron chi connectivity index (χ3n) is 1.02. The highest BCUT2D eigenvalue weighted by atomic mass is 16.4. The quantitative estimate of drug-likeness (QED) is 0.356. The second-order valence-corrected chi connectivity index (χ2v) is 1.85. The average Bonchev–Trinajstić information content (AvgIpc) is 1.98. The van der Waals surface area contributed by atoms with Crippen LogP contribution < -0.4 is 0 Å². The van der Waals surface area contributed by atoms with Crippen molar-refractivity contribution in [3.8, 4) is 0 Å². The molecule has 4 N–H and O–H groups in total. The van der Waals surface area contributed by atoms with Gasteiger partial charge >= 0.3 is 0 Å². The molecule has 0 saturated carbocycles. The van der Waals surface area contributed by atoms with Gasteiger partial charge in [-0.3, -0.25) is 0 Å². The summed E-state index contributed by atoms with van der Waals surface area (Å²) in [7, 11) is 0. The zero-order valence-corrected chi connectivity index (χ0v) is 5.51. The minimum atomic E-state index is -1.16. The van der Waals surface area contributed by atoms with Crippen LogP contribution in [0, 0.1) is 0 Å². The molecule has 0 aromatic carbocycles. The molecule has 4 nitrogen and oxygen atoms in total. The summed E-state index contributed by atoms with van der Waals surface area (Å²) in [6.45, 7) is -0.674. The van der Waals surface area contributed by atoms with Gasteiger partial charge in [-0.05, 0) is 0 Å². The lowest BCUT2D eigenvalue weighted by molar-refractivity contribution is 0.00926. The van der Waals surface area contributed by atoms with Crippen LogP contribution >= 0.6 is 0 Å². The Hall–Kier alpha value is -0.420. The second kappa shape index (κ2) is 5.37. The van der Waals surface area contributed by atoms with Crippen molar-refractivity contribution in [2.45, 2.75) is 12.2 Å². The molecule has 0 aromatic rings. The summed E-state index contributed by atoms with van der Waals surface area (Å²) in [5.41, 5.74) is 0. The lowest BCUT2D eigenvalue weighted by Crippen LogP contribution is -2.27. The van der Waals surface area contributed by atoms with Gasteiger partial charge in [0.15, 0.2) is 0 Å². The maximum Gasteiger partial charge on any atom is 0.106 e. The molecule has 0 aliphatic carbocycles. The van der Waals surface area contributed by atoms with E-state index >= 15 is 0 Å². The summed E-state index contributed by atoms with van der Waals surface area (Å²) in [5.74, 6) is 0. The molecule has 4 heteroatoms. The van der Waals surface area contributed by atoms with Gasteiger partial charge in [-0.2, -0.15) is 0 Å². The Morgan fingerprint density at radius 3 is 2.20 bits per heavy atom. The number of aliphatic hydroxyl groups excluding tert-OH is 4. The number of rotatable bonds is 4. The summed E-state index contributed by atoms with van der Waals surface area (Å²) in [5, 5.41) is 34.1. The van der Waals surface area contributed by atoms with Crippen LogP contribution in [0.2, 0.25) is 0 Å². The number of hydrogen-bond acceptors (Lipinski definition) is 4. The zero-order valence-electron chi connectivity index (χ0n) is 5.51. The summed E-state index contributed by atoms with van der Waals surface area (Å²) in [6.07, 6.45) is 0.254. The molecule has 60 valence electrons. The highest BCUT2D eigenvalue weighted by molar-refractivity contribution is 4.91. The van der Waals surface area contributed by atoms with Crippen molar-refractivity contribution in [2.24, 2.45) is 0 Å². The molecule has 0 aliphatic heterocycles. The lowest BCUT2D eigenvalue weighted by Gasteiger charge is -2.09. The van der Waals surface area contributed by atoms with Gasteiger partial charge in [-0.15, -0.1) is 0 Å². The minimum Gasteiger partial charge on any atom is -0.394 e. The molecule has 0 bridgehead atoms. The molecule has 0 radical (unpaired) electrons. The third-order valence-corrected chi connectivity index (χ3v) is 1.02. The highest BCUT2D eigenvalue weighted by Gasteiger charge is 2.10. The first kappa shape index (κ1) is 9.58. The van der Waals surface area contributed by atoms with Crippen LogP contribution in [0.4, 0.5) is 0 Å². The Bertz CT molecular complexity index is 102. The minimum absolute atomic E-state index is 0.185. The lowest BCUT2D eigenvalue weighted by atomic mass is 10.2. The van der Waals surface area contributed by atoms with Crippen LogP contribution in [0.25, 0.3) is 0 Å².